The third kappa shape index (κ3) is 8.28. The van der Waals surface area contributed by atoms with Crippen LogP contribution in [0.1, 0.15) is 33.3 Å². The van der Waals surface area contributed by atoms with Gasteiger partial charge in [-0.3, -0.25) is 13.9 Å². The van der Waals surface area contributed by atoms with Crippen molar-refractivity contribution in [1.29, 1.82) is 0 Å². The van der Waals surface area contributed by atoms with Crippen LogP contribution in [0.4, 0.5) is 5.69 Å². The van der Waals surface area contributed by atoms with Crippen LogP contribution in [0.25, 0.3) is 0 Å². The van der Waals surface area contributed by atoms with E-state index in [1.54, 1.807) is 49.4 Å². The molecule has 186 valence electrons. The van der Waals surface area contributed by atoms with Crippen LogP contribution in [-0.2, 0) is 26.2 Å². The number of benzene rings is 2. The maximum Gasteiger partial charge on any atom is 0.244 e. The molecule has 0 spiro atoms. The van der Waals surface area contributed by atoms with Gasteiger partial charge in [0.15, 0.2) is 0 Å². The highest BCUT2D eigenvalue weighted by molar-refractivity contribution is 14.1. The van der Waals surface area contributed by atoms with Crippen LogP contribution < -0.4 is 9.62 Å². The number of sulfonamides is 1. The predicted octanol–water partition coefficient (Wildman–Crippen LogP) is 4.70. The summed E-state index contributed by atoms with van der Waals surface area (Å²) < 4.78 is 27.1. The minimum absolute atomic E-state index is 0.0404. The highest BCUT2D eigenvalue weighted by atomic mass is 127. The van der Waals surface area contributed by atoms with Crippen LogP contribution in [0.15, 0.2) is 42.5 Å². The fourth-order valence-corrected chi connectivity index (χ4v) is 4.64. The highest BCUT2D eigenvalue weighted by Gasteiger charge is 2.31. The van der Waals surface area contributed by atoms with Crippen molar-refractivity contribution in [3.05, 3.63) is 61.6 Å². The van der Waals surface area contributed by atoms with Crippen LogP contribution in [-0.4, -0.2) is 49.5 Å². The summed E-state index contributed by atoms with van der Waals surface area (Å²) in [6, 6.07) is 10.8. The fraction of sp³-hybridized carbons (Fsp3) is 0.391. The minimum atomic E-state index is -3.78. The first kappa shape index (κ1) is 28.7. The summed E-state index contributed by atoms with van der Waals surface area (Å²) in [4.78, 5) is 27.7. The van der Waals surface area contributed by atoms with Crippen molar-refractivity contribution in [3.8, 4) is 0 Å². The summed E-state index contributed by atoms with van der Waals surface area (Å²) in [6.45, 7) is 6.69. The lowest BCUT2D eigenvalue weighted by Gasteiger charge is -2.33. The molecule has 0 aliphatic heterocycles. The van der Waals surface area contributed by atoms with Crippen LogP contribution in [0.5, 0.6) is 0 Å². The molecule has 0 bridgehead atoms. The van der Waals surface area contributed by atoms with E-state index in [1.807, 2.05) is 20.8 Å². The molecule has 2 aromatic rings. The molecule has 2 rings (SSSR count). The van der Waals surface area contributed by atoms with Gasteiger partial charge < -0.3 is 10.2 Å². The highest BCUT2D eigenvalue weighted by Crippen LogP contribution is 2.25. The molecular formula is C23H28Cl2IN3O4S. The Kier molecular flexibility index (Phi) is 9.66. The van der Waals surface area contributed by atoms with Gasteiger partial charge in [0.2, 0.25) is 21.8 Å². The topological polar surface area (TPSA) is 86.8 Å². The van der Waals surface area contributed by atoms with Crippen LogP contribution >= 0.6 is 45.8 Å². The van der Waals surface area contributed by atoms with Gasteiger partial charge in [-0.25, -0.2) is 8.42 Å². The maximum atomic E-state index is 13.5. The van der Waals surface area contributed by atoms with Gasteiger partial charge in [-0.15, -0.1) is 0 Å². The second-order valence-corrected chi connectivity index (χ2v) is 12.9. The van der Waals surface area contributed by atoms with E-state index in [0.717, 1.165) is 14.1 Å². The Morgan fingerprint density at radius 1 is 1.06 bits per heavy atom. The quantitative estimate of drug-likeness (QED) is 0.425. The van der Waals surface area contributed by atoms with Crippen molar-refractivity contribution in [3.63, 3.8) is 0 Å². The first-order valence-corrected chi connectivity index (χ1v) is 14.1. The number of carbonyl (C=O) groups excluding carboxylic acids is 2. The van der Waals surface area contributed by atoms with Crippen molar-refractivity contribution >= 4 is 73.3 Å². The molecule has 0 aromatic heterocycles. The molecule has 1 atom stereocenters. The largest absolute Gasteiger partial charge is 0.350 e. The van der Waals surface area contributed by atoms with Crippen molar-refractivity contribution in [1.82, 2.24) is 10.2 Å². The number of anilines is 1. The molecule has 0 saturated carbocycles. The summed E-state index contributed by atoms with van der Waals surface area (Å²) >= 11 is 14.3. The standard InChI is InChI=1S/C23H28Cl2IN3O4S/c1-15(22(31)27-23(2,3)4)28(13-16-6-11-19(24)20(25)12-16)21(30)14-29(34(5,32)33)18-9-7-17(26)8-10-18/h6-12,15H,13-14H2,1-5H3,(H,27,31)/t15-/m1/s1. The summed E-state index contributed by atoms with van der Waals surface area (Å²) in [5.41, 5.74) is 0.500. The number of nitrogens with one attached hydrogen (secondary N) is 1. The Labute approximate surface area is 225 Å². The van der Waals surface area contributed by atoms with Gasteiger partial charge in [0, 0.05) is 15.7 Å². The van der Waals surface area contributed by atoms with Gasteiger partial charge in [-0.05, 0) is 92.2 Å². The average Bonchev–Trinajstić information content (AvgIpc) is 2.71. The Bertz CT molecular complexity index is 1150. The van der Waals surface area contributed by atoms with Crippen molar-refractivity contribution in [2.75, 3.05) is 17.1 Å². The number of rotatable bonds is 8. The molecule has 2 amide bonds. The van der Waals surface area contributed by atoms with E-state index in [-0.39, 0.29) is 12.5 Å². The molecular weight excluding hydrogens is 612 g/mol. The first-order valence-electron chi connectivity index (χ1n) is 10.4. The Balaban J connectivity index is 2.42. The zero-order chi connectivity index (χ0) is 25.8. The summed E-state index contributed by atoms with van der Waals surface area (Å²) in [5, 5.41) is 3.55. The molecule has 7 nitrogen and oxygen atoms in total. The second-order valence-electron chi connectivity index (χ2n) is 8.93. The van der Waals surface area contributed by atoms with Crippen molar-refractivity contribution in [2.45, 2.75) is 45.8 Å². The normalized spacial score (nSPS) is 12.7. The Hall–Kier alpha value is -1.56. The molecule has 1 N–H and O–H groups in total. The lowest BCUT2D eigenvalue weighted by Crippen LogP contribution is -2.54. The minimum Gasteiger partial charge on any atom is -0.350 e. The number of carbonyl (C=O) groups is 2. The van der Waals surface area contributed by atoms with E-state index < -0.39 is 34.1 Å². The number of amides is 2. The average molecular weight is 640 g/mol. The number of hydrogen-bond acceptors (Lipinski definition) is 4. The van der Waals surface area contributed by atoms with Crippen LogP contribution in [0, 0.1) is 3.57 Å². The summed E-state index contributed by atoms with van der Waals surface area (Å²) in [7, 11) is -3.78. The van der Waals surface area contributed by atoms with Crippen LogP contribution in [0.2, 0.25) is 10.0 Å². The molecule has 0 radical (unpaired) electrons. The number of nitrogens with zero attached hydrogens (tertiary/aromatic N) is 2. The van der Waals surface area contributed by atoms with E-state index in [1.165, 1.54) is 4.90 Å². The Morgan fingerprint density at radius 3 is 2.15 bits per heavy atom. The van der Waals surface area contributed by atoms with E-state index in [2.05, 4.69) is 27.9 Å². The molecule has 0 aliphatic rings. The molecule has 0 aliphatic carbocycles. The van der Waals surface area contributed by atoms with Crippen molar-refractivity contribution < 1.29 is 18.0 Å². The molecule has 11 heteroatoms. The van der Waals surface area contributed by atoms with Crippen LogP contribution in [0.3, 0.4) is 0 Å². The number of halogens is 3. The molecule has 0 unspecified atom stereocenters. The monoisotopic (exact) mass is 639 g/mol. The number of hydrogen-bond donors (Lipinski definition) is 1. The van der Waals surface area contributed by atoms with E-state index in [4.69, 9.17) is 23.2 Å². The Morgan fingerprint density at radius 2 is 1.65 bits per heavy atom. The van der Waals surface area contributed by atoms with E-state index in [0.29, 0.717) is 21.3 Å². The SMILES string of the molecule is C[C@H](C(=O)NC(C)(C)C)N(Cc1ccc(Cl)c(Cl)c1)C(=O)CN(c1ccc(I)cc1)S(C)(=O)=O. The zero-order valence-corrected chi connectivity index (χ0v) is 24.1. The molecule has 0 heterocycles. The molecule has 2 aromatic carbocycles. The first-order chi connectivity index (χ1) is 15.6. The fourth-order valence-electron chi connectivity index (χ4n) is 3.11. The lowest BCUT2D eigenvalue weighted by molar-refractivity contribution is -0.140. The van der Waals surface area contributed by atoms with E-state index >= 15 is 0 Å². The smallest absolute Gasteiger partial charge is 0.244 e. The van der Waals surface area contributed by atoms with Gasteiger partial charge in [0.1, 0.15) is 12.6 Å². The third-order valence-electron chi connectivity index (χ3n) is 4.80. The van der Waals surface area contributed by atoms with E-state index in [9.17, 15) is 18.0 Å². The predicted molar refractivity (Wildman–Crippen MR) is 146 cm³/mol. The van der Waals surface area contributed by atoms with Gasteiger partial charge in [0.05, 0.1) is 22.0 Å². The van der Waals surface area contributed by atoms with Gasteiger partial charge in [0.25, 0.3) is 0 Å². The second kappa shape index (κ2) is 11.5. The third-order valence-corrected chi connectivity index (χ3v) is 7.40. The van der Waals surface area contributed by atoms with Gasteiger partial charge in [-0.1, -0.05) is 29.3 Å². The van der Waals surface area contributed by atoms with Gasteiger partial charge in [-0.2, -0.15) is 0 Å². The molecule has 0 fully saturated rings. The summed E-state index contributed by atoms with van der Waals surface area (Å²) in [6.07, 6.45) is 1.04. The lowest BCUT2D eigenvalue weighted by atomic mass is 10.1. The summed E-state index contributed by atoms with van der Waals surface area (Å²) in [5.74, 6) is -0.896. The molecule has 0 saturated heterocycles. The molecule has 34 heavy (non-hydrogen) atoms. The van der Waals surface area contributed by atoms with Crippen molar-refractivity contribution in [2.24, 2.45) is 0 Å². The van der Waals surface area contributed by atoms with Gasteiger partial charge >= 0.3 is 0 Å². The zero-order valence-electron chi connectivity index (χ0n) is 19.6. The maximum absolute atomic E-state index is 13.5.